The van der Waals surface area contributed by atoms with E-state index in [1.165, 1.54) is 5.56 Å². The lowest BCUT2D eigenvalue weighted by Gasteiger charge is -2.28. The van der Waals surface area contributed by atoms with Crippen LogP contribution in [-0.2, 0) is 16.0 Å². The molecular weight excluding hydrogens is 240 g/mol. The zero-order valence-corrected chi connectivity index (χ0v) is 11.5. The number of nitrogens with one attached hydrogen (secondary N) is 1. The van der Waals surface area contributed by atoms with Gasteiger partial charge in [0.2, 0.25) is 5.91 Å². The lowest BCUT2D eigenvalue weighted by atomic mass is 10.1. The van der Waals surface area contributed by atoms with Gasteiger partial charge >= 0.3 is 0 Å². The molecule has 0 aliphatic carbocycles. The Balaban J connectivity index is 1.95. The van der Waals surface area contributed by atoms with Crippen LogP contribution in [0.5, 0.6) is 0 Å². The Morgan fingerprint density at radius 1 is 1.42 bits per heavy atom. The van der Waals surface area contributed by atoms with Gasteiger partial charge < -0.3 is 15.0 Å². The number of rotatable bonds is 6. The molecule has 104 valence electrons. The first-order valence-electron chi connectivity index (χ1n) is 6.87. The van der Waals surface area contributed by atoms with Crippen molar-refractivity contribution in [3.8, 4) is 0 Å². The van der Waals surface area contributed by atoms with Crippen LogP contribution in [0.1, 0.15) is 12.0 Å². The molecule has 0 bridgehead atoms. The molecule has 2 rings (SSSR count). The van der Waals surface area contributed by atoms with Gasteiger partial charge in [-0.25, -0.2) is 0 Å². The van der Waals surface area contributed by atoms with Crippen molar-refractivity contribution in [2.24, 2.45) is 0 Å². The molecule has 1 aromatic rings. The van der Waals surface area contributed by atoms with Gasteiger partial charge in [0, 0.05) is 13.2 Å². The van der Waals surface area contributed by atoms with E-state index in [9.17, 15) is 4.79 Å². The Morgan fingerprint density at radius 2 is 2.21 bits per heavy atom. The minimum absolute atomic E-state index is 0.161. The van der Waals surface area contributed by atoms with Gasteiger partial charge in [-0.3, -0.25) is 4.79 Å². The maximum atomic E-state index is 12.2. The molecule has 1 atom stereocenters. The molecule has 1 aliphatic rings. The maximum absolute atomic E-state index is 12.2. The summed E-state index contributed by atoms with van der Waals surface area (Å²) in [5.41, 5.74) is 1.27. The number of carbonyl (C=O) groups excluding carboxylic acids is 1. The summed E-state index contributed by atoms with van der Waals surface area (Å²) < 4.78 is 5.40. The first kappa shape index (κ1) is 14.0. The molecule has 1 aromatic carbocycles. The van der Waals surface area contributed by atoms with Crippen molar-refractivity contribution >= 4 is 5.91 Å². The van der Waals surface area contributed by atoms with Crippen LogP contribution in [0.2, 0.25) is 0 Å². The first-order chi connectivity index (χ1) is 9.31. The van der Waals surface area contributed by atoms with Crippen molar-refractivity contribution in [2.75, 3.05) is 33.4 Å². The predicted molar refractivity (Wildman–Crippen MR) is 75.0 cm³/mol. The lowest BCUT2D eigenvalue weighted by molar-refractivity contribution is -0.132. The highest BCUT2D eigenvalue weighted by Gasteiger charge is 2.26. The normalized spacial score (nSPS) is 18.5. The fourth-order valence-corrected chi connectivity index (χ4v) is 2.43. The Morgan fingerprint density at radius 3 is 2.84 bits per heavy atom. The van der Waals surface area contributed by atoms with Crippen LogP contribution < -0.4 is 5.32 Å². The summed E-state index contributed by atoms with van der Waals surface area (Å²) in [6.07, 6.45) is 1.84. The second-order valence-corrected chi connectivity index (χ2v) is 4.87. The Labute approximate surface area is 114 Å². The summed E-state index contributed by atoms with van der Waals surface area (Å²) in [5.74, 6) is 0.161. The van der Waals surface area contributed by atoms with Gasteiger partial charge in [0.25, 0.3) is 0 Å². The molecular formula is C15H22N2O2. The van der Waals surface area contributed by atoms with Crippen LogP contribution >= 0.6 is 0 Å². The van der Waals surface area contributed by atoms with Gasteiger partial charge in [-0.1, -0.05) is 30.3 Å². The molecule has 1 saturated heterocycles. The smallest absolute Gasteiger partial charge is 0.236 e. The molecule has 4 heteroatoms. The fourth-order valence-electron chi connectivity index (χ4n) is 2.43. The number of hydrogen-bond acceptors (Lipinski definition) is 3. The highest BCUT2D eigenvalue weighted by atomic mass is 16.5. The predicted octanol–water partition coefficient (Wildman–Crippen LogP) is 1.07. The summed E-state index contributed by atoms with van der Waals surface area (Å²) in [7, 11) is 1.80. The summed E-state index contributed by atoms with van der Waals surface area (Å²) >= 11 is 0. The van der Waals surface area contributed by atoms with Crippen molar-refractivity contribution in [3.63, 3.8) is 0 Å². The molecule has 1 unspecified atom stereocenters. The van der Waals surface area contributed by atoms with E-state index in [-0.39, 0.29) is 11.9 Å². The second kappa shape index (κ2) is 7.26. The average Bonchev–Trinajstić information content (AvgIpc) is 2.94. The molecule has 4 nitrogen and oxygen atoms in total. The highest BCUT2D eigenvalue weighted by Crippen LogP contribution is 2.13. The highest BCUT2D eigenvalue weighted by molar-refractivity contribution is 5.78. The number of nitrogens with zero attached hydrogens (tertiary/aromatic N) is 1. The van der Waals surface area contributed by atoms with Crippen LogP contribution in [0.25, 0.3) is 0 Å². The topological polar surface area (TPSA) is 41.6 Å². The summed E-state index contributed by atoms with van der Waals surface area (Å²) in [4.78, 5) is 14.1. The molecule has 1 N–H and O–H groups in total. The van der Waals surface area contributed by atoms with Gasteiger partial charge in [-0.2, -0.15) is 0 Å². The molecule has 0 spiro atoms. The van der Waals surface area contributed by atoms with Gasteiger partial charge in [0.05, 0.1) is 19.2 Å². The van der Waals surface area contributed by atoms with Crippen LogP contribution in [-0.4, -0.2) is 50.2 Å². The summed E-state index contributed by atoms with van der Waals surface area (Å²) in [5, 5.41) is 2.94. The Hall–Kier alpha value is -1.39. The Kier molecular flexibility index (Phi) is 5.36. The number of benzene rings is 1. The van der Waals surface area contributed by atoms with Gasteiger partial charge in [0.15, 0.2) is 0 Å². The number of amides is 1. The van der Waals surface area contributed by atoms with E-state index >= 15 is 0 Å². The van der Waals surface area contributed by atoms with Crippen molar-refractivity contribution in [1.29, 1.82) is 0 Å². The van der Waals surface area contributed by atoms with Crippen molar-refractivity contribution < 1.29 is 9.53 Å². The van der Waals surface area contributed by atoms with Crippen molar-refractivity contribution in [1.82, 2.24) is 10.2 Å². The van der Waals surface area contributed by atoms with Gasteiger partial charge in [-0.05, 0) is 25.5 Å². The lowest BCUT2D eigenvalue weighted by Crippen LogP contribution is -2.45. The standard InChI is InChI=1S/C15H22N2O2/c1-16-11-15(18)17(14-8-10-19-12-14)9-7-13-5-3-2-4-6-13/h2-6,14,16H,7-12H2,1H3. The Bertz CT molecular complexity index is 388. The van der Waals surface area contributed by atoms with E-state index in [1.807, 2.05) is 23.1 Å². The van der Waals surface area contributed by atoms with E-state index in [4.69, 9.17) is 4.74 Å². The minimum Gasteiger partial charge on any atom is -0.379 e. The van der Waals surface area contributed by atoms with Crippen LogP contribution in [0.15, 0.2) is 30.3 Å². The number of carbonyl (C=O) groups is 1. The van der Waals surface area contributed by atoms with E-state index in [0.29, 0.717) is 13.2 Å². The largest absolute Gasteiger partial charge is 0.379 e. The van der Waals surface area contributed by atoms with E-state index < -0.39 is 0 Å². The number of likely N-dealkylation sites (N-methyl/N-ethyl adjacent to an activating group) is 1. The molecule has 0 saturated carbocycles. The zero-order chi connectivity index (χ0) is 13.5. The quantitative estimate of drug-likeness (QED) is 0.833. The number of ether oxygens (including phenoxy) is 1. The monoisotopic (exact) mass is 262 g/mol. The van der Waals surface area contributed by atoms with Crippen LogP contribution in [0.3, 0.4) is 0 Å². The van der Waals surface area contributed by atoms with E-state index in [0.717, 1.165) is 26.0 Å². The van der Waals surface area contributed by atoms with Gasteiger partial charge in [-0.15, -0.1) is 0 Å². The molecule has 19 heavy (non-hydrogen) atoms. The third kappa shape index (κ3) is 4.04. The van der Waals surface area contributed by atoms with Crippen LogP contribution in [0, 0.1) is 0 Å². The van der Waals surface area contributed by atoms with Gasteiger partial charge in [0.1, 0.15) is 0 Å². The average molecular weight is 262 g/mol. The third-order valence-corrected chi connectivity index (χ3v) is 3.48. The molecule has 0 aromatic heterocycles. The number of hydrogen-bond donors (Lipinski definition) is 1. The molecule has 1 fully saturated rings. The molecule has 1 aliphatic heterocycles. The zero-order valence-electron chi connectivity index (χ0n) is 11.5. The molecule has 1 heterocycles. The molecule has 0 radical (unpaired) electrons. The maximum Gasteiger partial charge on any atom is 0.236 e. The summed E-state index contributed by atoms with van der Waals surface area (Å²) in [6.45, 7) is 2.59. The van der Waals surface area contributed by atoms with E-state index in [1.54, 1.807) is 7.05 Å². The van der Waals surface area contributed by atoms with Crippen LogP contribution in [0.4, 0.5) is 0 Å². The fraction of sp³-hybridized carbons (Fsp3) is 0.533. The third-order valence-electron chi connectivity index (χ3n) is 3.48. The first-order valence-corrected chi connectivity index (χ1v) is 6.87. The SMILES string of the molecule is CNCC(=O)N(CCc1ccccc1)C1CCOC1. The summed E-state index contributed by atoms with van der Waals surface area (Å²) in [6, 6.07) is 10.5. The second-order valence-electron chi connectivity index (χ2n) is 4.87. The molecule has 1 amide bonds. The van der Waals surface area contributed by atoms with E-state index in [2.05, 4.69) is 17.4 Å². The minimum atomic E-state index is 0.161. The van der Waals surface area contributed by atoms with Crippen molar-refractivity contribution in [3.05, 3.63) is 35.9 Å². The van der Waals surface area contributed by atoms with Crippen molar-refractivity contribution in [2.45, 2.75) is 18.9 Å².